The largest absolute Gasteiger partial charge is 0.508 e. The zero-order valence-electron chi connectivity index (χ0n) is 12.5. The summed E-state index contributed by atoms with van der Waals surface area (Å²) in [6.45, 7) is 3.35. The summed E-state index contributed by atoms with van der Waals surface area (Å²) in [4.78, 5) is 2.00. The van der Waals surface area contributed by atoms with Crippen LogP contribution in [0.25, 0.3) is 0 Å². The molecule has 0 heterocycles. The standard InChI is InChI=1S/C17H22N2O2/c1-13-3-8-17(21)14(11-13)12-18-15-4-6-16(7-5-15)19(2)9-10-20/h3-8,11,18,20-21H,9-10,12H2,1-2H3. The van der Waals surface area contributed by atoms with Crippen molar-refractivity contribution < 1.29 is 10.2 Å². The van der Waals surface area contributed by atoms with Crippen LogP contribution in [0, 0.1) is 6.92 Å². The van der Waals surface area contributed by atoms with E-state index in [2.05, 4.69) is 5.32 Å². The summed E-state index contributed by atoms with van der Waals surface area (Å²) >= 11 is 0. The van der Waals surface area contributed by atoms with Crippen molar-refractivity contribution in [2.75, 3.05) is 30.4 Å². The van der Waals surface area contributed by atoms with Gasteiger partial charge in [0.25, 0.3) is 0 Å². The lowest BCUT2D eigenvalue weighted by Crippen LogP contribution is -2.20. The Balaban J connectivity index is 1.99. The van der Waals surface area contributed by atoms with Gasteiger partial charge in [0.05, 0.1) is 6.61 Å². The minimum Gasteiger partial charge on any atom is -0.508 e. The summed E-state index contributed by atoms with van der Waals surface area (Å²) in [5, 5.41) is 22.1. The summed E-state index contributed by atoms with van der Waals surface area (Å²) in [5.41, 5.74) is 4.08. The Morgan fingerprint density at radius 1 is 1.10 bits per heavy atom. The first kappa shape index (κ1) is 15.2. The highest BCUT2D eigenvalue weighted by molar-refractivity contribution is 5.55. The van der Waals surface area contributed by atoms with E-state index in [0.29, 0.717) is 18.8 Å². The number of benzene rings is 2. The number of hydrogen-bond donors (Lipinski definition) is 3. The molecule has 0 aliphatic carbocycles. The lowest BCUT2D eigenvalue weighted by molar-refractivity contribution is 0.304. The minimum absolute atomic E-state index is 0.142. The molecule has 4 nitrogen and oxygen atoms in total. The van der Waals surface area contributed by atoms with E-state index in [4.69, 9.17) is 5.11 Å². The van der Waals surface area contributed by atoms with E-state index >= 15 is 0 Å². The Hall–Kier alpha value is -2.20. The zero-order chi connectivity index (χ0) is 15.2. The summed E-state index contributed by atoms with van der Waals surface area (Å²) < 4.78 is 0. The van der Waals surface area contributed by atoms with Gasteiger partial charge in [-0.1, -0.05) is 17.7 Å². The van der Waals surface area contributed by atoms with Crippen LogP contribution < -0.4 is 10.2 Å². The van der Waals surface area contributed by atoms with Gasteiger partial charge in [-0.05, 0) is 37.3 Å². The van der Waals surface area contributed by atoms with Gasteiger partial charge in [-0.25, -0.2) is 0 Å². The highest BCUT2D eigenvalue weighted by Crippen LogP contribution is 2.21. The first-order valence-corrected chi connectivity index (χ1v) is 7.04. The van der Waals surface area contributed by atoms with Gasteiger partial charge in [0, 0.05) is 37.1 Å². The summed E-state index contributed by atoms with van der Waals surface area (Å²) in [6.07, 6.45) is 0. The van der Waals surface area contributed by atoms with Crippen LogP contribution in [0.1, 0.15) is 11.1 Å². The van der Waals surface area contributed by atoms with Crippen LogP contribution in [0.3, 0.4) is 0 Å². The topological polar surface area (TPSA) is 55.7 Å². The number of likely N-dealkylation sites (N-methyl/N-ethyl adjacent to an activating group) is 1. The molecule has 2 aromatic carbocycles. The summed E-state index contributed by atoms with van der Waals surface area (Å²) in [7, 11) is 1.95. The van der Waals surface area contributed by atoms with Gasteiger partial charge in [-0.3, -0.25) is 0 Å². The number of hydrogen-bond acceptors (Lipinski definition) is 4. The minimum atomic E-state index is 0.142. The highest BCUT2D eigenvalue weighted by Gasteiger charge is 2.03. The second-order valence-corrected chi connectivity index (χ2v) is 5.18. The van der Waals surface area contributed by atoms with Crippen molar-refractivity contribution >= 4 is 11.4 Å². The van der Waals surface area contributed by atoms with Crippen molar-refractivity contribution in [3.8, 4) is 5.75 Å². The third-order valence-electron chi connectivity index (χ3n) is 3.46. The van der Waals surface area contributed by atoms with Gasteiger partial charge >= 0.3 is 0 Å². The highest BCUT2D eigenvalue weighted by atomic mass is 16.3. The molecule has 0 atom stereocenters. The van der Waals surface area contributed by atoms with Gasteiger partial charge in [-0.15, -0.1) is 0 Å². The molecule has 0 aliphatic heterocycles. The average molecular weight is 286 g/mol. The van der Waals surface area contributed by atoms with Crippen LogP contribution >= 0.6 is 0 Å². The molecule has 2 rings (SSSR count). The van der Waals surface area contributed by atoms with E-state index in [1.165, 1.54) is 0 Å². The van der Waals surface area contributed by atoms with Gasteiger partial charge < -0.3 is 20.4 Å². The number of rotatable bonds is 6. The number of aryl methyl sites for hydroxylation is 1. The molecule has 112 valence electrons. The number of nitrogens with zero attached hydrogens (tertiary/aromatic N) is 1. The Labute approximate surface area is 125 Å². The van der Waals surface area contributed by atoms with Crippen molar-refractivity contribution in [1.82, 2.24) is 0 Å². The molecule has 2 aromatic rings. The van der Waals surface area contributed by atoms with E-state index in [-0.39, 0.29) is 6.61 Å². The van der Waals surface area contributed by atoms with Crippen LogP contribution in [-0.4, -0.2) is 30.4 Å². The Morgan fingerprint density at radius 2 is 1.81 bits per heavy atom. The Bertz CT molecular complexity index is 582. The number of anilines is 2. The molecule has 0 fully saturated rings. The van der Waals surface area contributed by atoms with Crippen LogP contribution in [0.15, 0.2) is 42.5 Å². The van der Waals surface area contributed by atoms with Crippen molar-refractivity contribution in [2.45, 2.75) is 13.5 Å². The maximum absolute atomic E-state index is 9.82. The van der Waals surface area contributed by atoms with E-state index < -0.39 is 0 Å². The quantitative estimate of drug-likeness (QED) is 0.764. The van der Waals surface area contributed by atoms with E-state index in [0.717, 1.165) is 22.5 Å². The monoisotopic (exact) mass is 286 g/mol. The van der Waals surface area contributed by atoms with Gasteiger partial charge in [0.1, 0.15) is 5.75 Å². The Kier molecular flexibility index (Phi) is 5.06. The predicted molar refractivity (Wildman–Crippen MR) is 87.0 cm³/mol. The van der Waals surface area contributed by atoms with Crippen LogP contribution in [0.2, 0.25) is 0 Å². The third kappa shape index (κ3) is 4.13. The summed E-state index contributed by atoms with van der Waals surface area (Å²) in [6, 6.07) is 13.6. The van der Waals surface area contributed by atoms with Crippen molar-refractivity contribution in [2.24, 2.45) is 0 Å². The fraction of sp³-hybridized carbons (Fsp3) is 0.294. The number of aliphatic hydroxyl groups excluding tert-OH is 1. The van der Waals surface area contributed by atoms with Gasteiger partial charge in [-0.2, -0.15) is 0 Å². The first-order chi connectivity index (χ1) is 10.1. The van der Waals surface area contributed by atoms with Crippen LogP contribution in [-0.2, 0) is 6.54 Å². The molecule has 0 spiro atoms. The van der Waals surface area contributed by atoms with E-state index in [9.17, 15) is 5.11 Å². The number of nitrogens with one attached hydrogen (secondary N) is 1. The molecular formula is C17H22N2O2. The molecule has 0 bridgehead atoms. The van der Waals surface area contributed by atoms with Crippen molar-refractivity contribution in [3.63, 3.8) is 0 Å². The molecule has 0 radical (unpaired) electrons. The van der Waals surface area contributed by atoms with E-state index in [1.54, 1.807) is 6.07 Å². The van der Waals surface area contributed by atoms with Crippen molar-refractivity contribution in [1.29, 1.82) is 0 Å². The SMILES string of the molecule is Cc1ccc(O)c(CNc2ccc(N(C)CCO)cc2)c1. The first-order valence-electron chi connectivity index (χ1n) is 7.04. The molecule has 0 saturated carbocycles. The van der Waals surface area contributed by atoms with Crippen molar-refractivity contribution in [3.05, 3.63) is 53.6 Å². The molecule has 0 saturated heterocycles. The predicted octanol–water partition coefficient (Wildman–Crippen LogP) is 2.74. The Morgan fingerprint density at radius 3 is 2.48 bits per heavy atom. The molecule has 0 unspecified atom stereocenters. The molecule has 4 heteroatoms. The van der Waals surface area contributed by atoms with Crippen LogP contribution in [0.5, 0.6) is 5.75 Å². The maximum atomic E-state index is 9.82. The third-order valence-corrected chi connectivity index (χ3v) is 3.46. The summed E-state index contributed by atoms with van der Waals surface area (Å²) in [5.74, 6) is 0.312. The smallest absolute Gasteiger partial charge is 0.120 e. The molecule has 3 N–H and O–H groups in total. The van der Waals surface area contributed by atoms with Gasteiger partial charge in [0.2, 0.25) is 0 Å². The number of phenols is 1. The molecule has 21 heavy (non-hydrogen) atoms. The number of aromatic hydroxyl groups is 1. The maximum Gasteiger partial charge on any atom is 0.120 e. The molecule has 0 aromatic heterocycles. The fourth-order valence-corrected chi connectivity index (χ4v) is 2.17. The second kappa shape index (κ2) is 6.99. The molecular weight excluding hydrogens is 264 g/mol. The number of phenolic OH excluding ortho intramolecular Hbond substituents is 1. The lowest BCUT2D eigenvalue weighted by atomic mass is 10.1. The zero-order valence-corrected chi connectivity index (χ0v) is 12.5. The fourth-order valence-electron chi connectivity index (χ4n) is 2.17. The average Bonchev–Trinajstić information content (AvgIpc) is 2.49. The van der Waals surface area contributed by atoms with E-state index in [1.807, 2.05) is 55.3 Å². The molecule has 0 amide bonds. The second-order valence-electron chi connectivity index (χ2n) is 5.18. The van der Waals surface area contributed by atoms with Crippen LogP contribution in [0.4, 0.5) is 11.4 Å². The normalized spacial score (nSPS) is 10.4. The van der Waals surface area contributed by atoms with Gasteiger partial charge in [0.15, 0.2) is 0 Å². The number of aliphatic hydroxyl groups is 1. The lowest BCUT2D eigenvalue weighted by Gasteiger charge is -2.18. The molecule has 0 aliphatic rings.